The largest absolute Gasteiger partial charge is 0.395 e. The molecule has 1 aromatic heterocycles. The van der Waals surface area contributed by atoms with Crippen LogP contribution in [0, 0.1) is 0 Å². The number of hydrogen-bond donors (Lipinski definition) is 2. The number of carbonyl (C=O) groups excluding carboxylic acids is 1. The van der Waals surface area contributed by atoms with E-state index in [0.717, 1.165) is 11.3 Å². The summed E-state index contributed by atoms with van der Waals surface area (Å²) in [5.41, 5.74) is 1.99. The third kappa shape index (κ3) is 3.85. The number of benzene rings is 1. The van der Waals surface area contributed by atoms with Gasteiger partial charge in [-0.1, -0.05) is 12.1 Å². The lowest BCUT2D eigenvalue weighted by Gasteiger charge is -2.23. The number of carbonyl (C=O) groups is 1. The van der Waals surface area contributed by atoms with Gasteiger partial charge in [0.2, 0.25) is 0 Å². The van der Waals surface area contributed by atoms with Gasteiger partial charge in [0, 0.05) is 25.5 Å². The van der Waals surface area contributed by atoms with Crippen molar-refractivity contribution in [3.8, 4) is 5.69 Å². The fraction of sp³-hybridized carbons (Fsp3) is 0.375. The van der Waals surface area contributed by atoms with Crippen molar-refractivity contribution in [1.29, 1.82) is 0 Å². The zero-order valence-corrected chi connectivity index (χ0v) is 12.9. The number of aliphatic hydroxyl groups excluding tert-OH is 1. The second-order valence-electron chi connectivity index (χ2n) is 5.02. The third-order valence-electron chi connectivity index (χ3n) is 3.54. The van der Waals surface area contributed by atoms with Crippen LogP contribution < -0.4 is 5.32 Å². The van der Waals surface area contributed by atoms with Crippen molar-refractivity contribution >= 4 is 6.03 Å². The molecular weight excluding hydrogens is 280 g/mol. The lowest BCUT2D eigenvalue weighted by Crippen LogP contribution is -2.42. The van der Waals surface area contributed by atoms with Crippen molar-refractivity contribution in [1.82, 2.24) is 20.0 Å². The first-order valence-corrected chi connectivity index (χ1v) is 7.42. The van der Waals surface area contributed by atoms with Crippen LogP contribution in [-0.4, -0.2) is 45.5 Å². The molecule has 0 aliphatic carbocycles. The maximum absolute atomic E-state index is 12.1. The van der Waals surface area contributed by atoms with E-state index in [1.54, 1.807) is 15.8 Å². The number of hydrogen-bond acceptors (Lipinski definition) is 3. The number of nitrogens with zero attached hydrogens (tertiary/aromatic N) is 3. The number of amides is 2. The Morgan fingerprint density at radius 2 is 2.14 bits per heavy atom. The monoisotopic (exact) mass is 302 g/mol. The van der Waals surface area contributed by atoms with Crippen LogP contribution in [0.2, 0.25) is 0 Å². The highest BCUT2D eigenvalue weighted by Crippen LogP contribution is 2.15. The first-order valence-electron chi connectivity index (χ1n) is 7.42. The summed E-state index contributed by atoms with van der Waals surface area (Å²) in [5.74, 6) is 0. The molecule has 118 valence electrons. The Hall–Kier alpha value is -2.34. The fourth-order valence-corrected chi connectivity index (χ4v) is 2.22. The summed E-state index contributed by atoms with van der Waals surface area (Å²) in [6.07, 6.45) is 3.62. The molecule has 0 fully saturated rings. The molecule has 1 aromatic carbocycles. The van der Waals surface area contributed by atoms with Crippen molar-refractivity contribution in [3.63, 3.8) is 0 Å². The van der Waals surface area contributed by atoms with Crippen LogP contribution in [0.5, 0.6) is 0 Å². The molecule has 0 aliphatic rings. The van der Waals surface area contributed by atoms with E-state index in [1.165, 1.54) is 0 Å². The van der Waals surface area contributed by atoms with E-state index >= 15 is 0 Å². The number of aromatic nitrogens is 2. The van der Waals surface area contributed by atoms with Gasteiger partial charge in [-0.15, -0.1) is 0 Å². The number of rotatable bonds is 6. The molecule has 0 bridgehead atoms. The highest BCUT2D eigenvalue weighted by atomic mass is 16.3. The average molecular weight is 302 g/mol. The predicted octanol–water partition coefficient (Wildman–Crippen LogP) is 1.96. The zero-order valence-electron chi connectivity index (χ0n) is 12.9. The van der Waals surface area contributed by atoms with Crippen LogP contribution in [0.1, 0.15) is 25.5 Å². The van der Waals surface area contributed by atoms with Crippen LogP contribution in [0.15, 0.2) is 42.7 Å². The van der Waals surface area contributed by atoms with Gasteiger partial charge in [-0.2, -0.15) is 5.10 Å². The Labute approximate surface area is 130 Å². The van der Waals surface area contributed by atoms with Gasteiger partial charge in [0.1, 0.15) is 0 Å². The molecule has 2 N–H and O–H groups in total. The van der Waals surface area contributed by atoms with E-state index < -0.39 is 0 Å². The Morgan fingerprint density at radius 1 is 1.41 bits per heavy atom. The van der Waals surface area contributed by atoms with Crippen molar-refractivity contribution in [2.75, 3.05) is 19.7 Å². The van der Waals surface area contributed by atoms with E-state index in [2.05, 4.69) is 10.4 Å². The molecule has 0 radical (unpaired) electrons. The molecule has 1 heterocycles. The Bertz CT molecular complexity index is 581. The van der Waals surface area contributed by atoms with Crippen LogP contribution in [0.3, 0.4) is 0 Å². The third-order valence-corrected chi connectivity index (χ3v) is 3.54. The highest BCUT2D eigenvalue weighted by Gasteiger charge is 2.14. The second-order valence-corrected chi connectivity index (χ2v) is 5.02. The summed E-state index contributed by atoms with van der Waals surface area (Å²) >= 11 is 0. The molecular formula is C16H22N4O2. The average Bonchev–Trinajstić information content (AvgIpc) is 3.07. The first-order chi connectivity index (χ1) is 10.7. The zero-order chi connectivity index (χ0) is 15.9. The van der Waals surface area contributed by atoms with Crippen molar-refractivity contribution < 1.29 is 9.90 Å². The molecule has 2 amide bonds. The molecule has 0 saturated heterocycles. The normalized spacial score (nSPS) is 12.0. The smallest absolute Gasteiger partial charge is 0.317 e. The van der Waals surface area contributed by atoms with Gasteiger partial charge in [-0.3, -0.25) is 0 Å². The Balaban J connectivity index is 2.00. The predicted molar refractivity (Wildman–Crippen MR) is 84.8 cm³/mol. The number of nitrogens with one attached hydrogen (secondary N) is 1. The topological polar surface area (TPSA) is 70.4 Å². The number of aliphatic hydroxyl groups is 1. The van der Waals surface area contributed by atoms with Gasteiger partial charge in [0.25, 0.3) is 0 Å². The SMILES string of the molecule is CCN(CCO)C(=O)NC(C)c1ccc(-n2cccn2)cc1. The van der Waals surface area contributed by atoms with Gasteiger partial charge in [-0.25, -0.2) is 9.48 Å². The van der Waals surface area contributed by atoms with Crippen LogP contribution in [0.25, 0.3) is 5.69 Å². The van der Waals surface area contributed by atoms with Crippen molar-refractivity contribution in [2.45, 2.75) is 19.9 Å². The summed E-state index contributed by atoms with van der Waals surface area (Å²) in [6, 6.07) is 9.49. The molecule has 0 saturated carbocycles. The van der Waals surface area contributed by atoms with E-state index in [9.17, 15) is 4.79 Å². The summed E-state index contributed by atoms with van der Waals surface area (Å²) in [5, 5.41) is 16.1. The van der Waals surface area contributed by atoms with Gasteiger partial charge in [-0.05, 0) is 37.6 Å². The molecule has 0 spiro atoms. The van der Waals surface area contributed by atoms with E-state index in [-0.39, 0.29) is 18.7 Å². The standard InChI is InChI=1S/C16H22N4O2/c1-3-19(11-12-21)16(22)18-13(2)14-5-7-15(8-6-14)20-10-4-9-17-20/h4-10,13,21H,3,11-12H2,1-2H3,(H,18,22). The summed E-state index contributed by atoms with van der Waals surface area (Å²) in [7, 11) is 0. The molecule has 1 atom stereocenters. The fourth-order valence-electron chi connectivity index (χ4n) is 2.22. The van der Waals surface area contributed by atoms with Crippen LogP contribution in [0.4, 0.5) is 4.79 Å². The van der Waals surface area contributed by atoms with Gasteiger partial charge < -0.3 is 15.3 Å². The summed E-state index contributed by atoms with van der Waals surface area (Å²) in [6.45, 7) is 4.70. The number of likely N-dealkylation sites (N-methyl/N-ethyl adjacent to an activating group) is 1. The van der Waals surface area contributed by atoms with E-state index in [0.29, 0.717) is 13.1 Å². The number of urea groups is 1. The lowest BCUT2D eigenvalue weighted by atomic mass is 10.1. The lowest BCUT2D eigenvalue weighted by molar-refractivity contribution is 0.178. The highest BCUT2D eigenvalue weighted by molar-refractivity contribution is 5.74. The van der Waals surface area contributed by atoms with E-state index in [4.69, 9.17) is 5.11 Å². The summed E-state index contributed by atoms with van der Waals surface area (Å²) in [4.78, 5) is 13.7. The van der Waals surface area contributed by atoms with Crippen LogP contribution in [-0.2, 0) is 0 Å². The van der Waals surface area contributed by atoms with Gasteiger partial charge in [0.05, 0.1) is 18.3 Å². The molecule has 2 rings (SSSR count). The maximum Gasteiger partial charge on any atom is 0.317 e. The molecule has 1 unspecified atom stereocenters. The minimum absolute atomic E-state index is 0.0335. The van der Waals surface area contributed by atoms with Gasteiger partial charge >= 0.3 is 6.03 Å². The second kappa shape index (κ2) is 7.61. The summed E-state index contributed by atoms with van der Waals surface area (Å²) < 4.78 is 1.78. The van der Waals surface area contributed by atoms with E-state index in [1.807, 2.05) is 50.4 Å². The minimum atomic E-state index is -0.166. The quantitative estimate of drug-likeness (QED) is 0.857. The minimum Gasteiger partial charge on any atom is -0.395 e. The Morgan fingerprint density at radius 3 is 2.68 bits per heavy atom. The maximum atomic E-state index is 12.1. The molecule has 0 aliphatic heterocycles. The Kier molecular flexibility index (Phi) is 5.55. The molecule has 6 heteroatoms. The molecule has 22 heavy (non-hydrogen) atoms. The molecule has 6 nitrogen and oxygen atoms in total. The molecule has 2 aromatic rings. The first kappa shape index (κ1) is 16.0. The van der Waals surface area contributed by atoms with Crippen molar-refractivity contribution in [2.24, 2.45) is 0 Å². The van der Waals surface area contributed by atoms with Crippen molar-refractivity contribution in [3.05, 3.63) is 48.3 Å². The van der Waals surface area contributed by atoms with Crippen LogP contribution >= 0.6 is 0 Å². The van der Waals surface area contributed by atoms with Gasteiger partial charge in [0.15, 0.2) is 0 Å².